The first-order valence-electron chi connectivity index (χ1n) is 6.85. The van der Waals surface area contributed by atoms with Crippen LogP contribution in [0.25, 0.3) is 0 Å². The second-order valence-corrected chi connectivity index (χ2v) is 7.14. The Morgan fingerprint density at radius 1 is 1.42 bits per heavy atom. The van der Waals surface area contributed by atoms with Crippen molar-refractivity contribution < 1.29 is 4.79 Å². The molecule has 0 saturated carbocycles. The van der Waals surface area contributed by atoms with Crippen LogP contribution >= 0.6 is 11.8 Å². The maximum atomic E-state index is 12.8. The molecule has 1 amide bonds. The van der Waals surface area contributed by atoms with E-state index in [9.17, 15) is 4.79 Å². The van der Waals surface area contributed by atoms with Gasteiger partial charge >= 0.3 is 0 Å². The number of piperazine rings is 1. The number of hydrogen-bond donors (Lipinski definition) is 1. The average Bonchev–Trinajstić information content (AvgIpc) is 2.81. The minimum atomic E-state index is -0.0787. The van der Waals surface area contributed by atoms with Gasteiger partial charge in [-0.25, -0.2) is 0 Å². The normalized spacial score (nSPS) is 25.2. The summed E-state index contributed by atoms with van der Waals surface area (Å²) in [6, 6.07) is 8.36. The molecule has 19 heavy (non-hydrogen) atoms. The Morgan fingerprint density at radius 3 is 2.95 bits per heavy atom. The maximum absolute atomic E-state index is 12.8. The van der Waals surface area contributed by atoms with Crippen LogP contribution in [0.4, 0.5) is 0 Å². The lowest BCUT2D eigenvalue weighted by Crippen LogP contribution is -2.61. The number of nitrogens with zero attached hydrogens (tertiary/aromatic N) is 1. The van der Waals surface area contributed by atoms with Crippen molar-refractivity contribution in [2.75, 3.05) is 19.6 Å². The van der Waals surface area contributed by atoms with Crippen molar-refractivity contribution >= 4 is 17.7 Å². The zero-order valence-corrected chi connectivity index (χ0v) is 12.3. The summed E-state index contributed by atoms with van der Waals surface area (Å²) >= 11 is 1.73. The first-order valence-corrected chi connectivity index (χ1v) is 7.73. The molecule has 2 aliphatic heterocycles. The predicted molar refractivity (Wildman–Crippen MR) is 78.5 cm³/mol. The molecule has 102 valence electrons. The van der Waals surface area contributed by atoms with Crippen LogP contribution in [-0.4, -0.2) is 41.2 Å². The highest BCUT2D eigenvalue weighted by Gasteiger charge is 2.38. The van der Waals surface area contributed by atoms with Crippen molar-refractivity contribution in [2.45, 2.75) is 36.0 Å². The fraction of sp³-hybridized carbons (Fsp3) is 0.533. The maximum Gasteiger partial charge on any atom is 0.236 e. The first-order chi connectivity index (χ1) is 9.08. The second kappa shape index (κ2) is 4.84. The molecule has 1 aromatic carbocycles. The van der Waals surface area contributed by atoms with Gasteiger partial charge in [0.1, 0.15) is 0 Å². The zero-order valence-electron chi connectivity index (χ0n) is 11.5. The van der Waals surface area contributed by atoms with Gasteiger partial charge in [-0.2, -0.15) is 0 Å². The standard InChI is InChI=1S/C15H20N2OS/c1-15(2)10-16-7-8-17(15)14(18)13-9-11-5-3-4-6-12(11)19-13/h3-6,13,16H,7-10H2,1-2H3. The summed E-state index contributed by atoms with van der Waals surface area (Å²) in [5.41, 5.74) is 1.24. The Balaban J connectivity index is 1.76. The molecule has 1 unspecified atom stereocenters. The van der Waals surface area contributed by atoms with Crippen LogP contribution in [0, 0.1) is 0 Å². The van der Waals surface area contributed by atoms with E-state index in [0.29, 0.717) is 5.91 Å². The van der Waals surface area contributed by atoms with Crippen LogP contribution in [0.15, 0.2) is 29.2 Å². The van der Waals surface area contributed by atoms with E-state index in [2.05, 4.69) is 42.3 Å². The summed E-state index contributed by atoms with van der Waals surface area (Å²) in [7, 11) is 0. The SMILES string of the molecule is CC1(C)CNCCN1C(=O)C1Cc2ccccc2S1. The van der Waals surface area contributed by atoms with Gasteiger partial charge in [0.05, 0.1) is 5.25 Å². The van der Waals surface area contributed by atoms with E-state index in [-0.39, 0.29) is 10.8 Å². The lowest BCUT2D eigenvalue weighted by molar-refractivity contribution is -0.137. The van der Waals surface area contributed by atoms with Crippen LogP contribution in [0.5, 0.6) is 0 Å². The van der Waals surface area contributed by atoms with Gasteiger partial charge in [-0.05, 0) is 31.9 Å². The van der Waals surface area contributed by atoms with E-state index in [1.165, 1.54) is 10.5 Å². The molecular weight excluding hydrogens is 256 g/mol. The topological polar surface area (TPSA) is 32.3 Å². The van der Waals surface area contributed by atoms with E-state index in [1.807, 2.05) is 6.07 Å². The van der Waals surface area contributed by atoms with E-state index < -0.39 is 0 Å². The van der Waals surface area contributed by atoms with Crippen molar-refractivity contribution in [3.63, 3.8) is 0 Å². The van der Waals surface area contributed by atoms with Crippen molar-refractivity contribution in [1.82, 2.24) is 10.2 Å². The van der Waals surface area contributed by atoms with Gasteiger partial charge in [0.25, 0.3) is 0 Å². The van der Waals surface area contributed by atoms with Crippen LogP contribution < -0.4 is 5.32 Å². The molecule has 1 saturated heterocycles. The monoisotopic (exact) mass is 276 g/mol. The van der Waals surface area contributed by atoms with E-state index >= 15 is 0 Å². The van der Waals surface area contributed by atoms with Crippen molar-refractivity contribution in [2.24, 2.45) is 0 Å². The van der Waals surface area contributed by atoms with Gasteiger partial charge in [-0.3, -0.25) is 4.79 Å². The summed E-state index contributed by atoms with van der Waals surface area (Å²) in [5, 5.41) is 3.43. The van der Waals surface area contributed by atoms with Gasteiger partial charge in [-0.1, -0.05) is 18.2 Å². The molecule has 1 atom stereocenters. The number of hydrogen-bond acceptors (Lipinski definition) is 3. The van der Waals surface area contributed by atoms with Gasteiger partial charge in [-0.15, -0.1) is 11.8 Å². The van der Waals surface area contributed by atoms with Gasteiger partial charge in [0.15, 0.2) is 0 Å². The number of fused-ring (bicyclic) bond motifs is 1. The van der Waals surface area contributed by atoms with E-state index in [0.717, 1.165) is 26.1 Å². The van der Waals surface area contributed by atoms with Crippen molar-refractivity contribution in [3.05, 3.63) is 29.8 Å². The van der Waals surface area contributed by atoms with Crippen LogP contribution in [0.3, 0.4) is 0 Å². The molecule has 2 heterocycles. The molecule has 0 spiro atoms. The summed E-state index contributed by atoms with van der Waals surface area (Å²) in [6.45, 7) is 6.88. The summed E-state index contributed by atoms with van der Waals surface area (Å²) in [6.07, 6.45) is 0.875. The molecule has 3 nitrogen and oxygen atoms in total. The fourth-order valence-corrected chi connectivity index (χ4v) is 4.14. The third-order valence-corrected chi connectivity index (χ3v) is 5.29. The average molecular weight is 276 g/mol. The number of benzene rings is 1. The number of carbonyl (C=O) groups is 1. The number of amides is 1. The van der Waals surface area contributed by atoms with Crippen molar-refractivity contribution in [3.8, 4) is 0 Å². The number of carbonyl (C=O) groups excluding carboxylic acids is 1. The zero-order chi connectivity index (χ0) is 13.5. The highest BCUT2D eigenvalue weighted by atomic mass is 32.2. The van der Waals surface area contributed by atoms with Gasteiger partial charge in [0, 0.05) is 30.1 Å². The Morgan fingerprint density at radius 2 is 2.21 bits per heavy atom. The molecule has 4 heteroatoms. The Bertz CT molecular complexity index is 476. The molecule has 1 N–H and O–H groups in total. The minimum Gasteiger partial charge on any atom is -0.334 e. The van der Waals surface area contributed by atoms with Crippen LogP contribution in [0.2, 0.25) is 0 Å². The summed E-state index contributed by atoms with van der Waals surface area (Å²) in [4.78, 5) is 16.1. The summed E-state index contributed by atoms with van der Waals surface area (Å²) in [5.74, 6) is 0.299. The second-order valence-electron chi connectivity index (χ2n) is 5.90. The van der Waals surface area contributed by atoms with Gasteiger partial charge < -0.3 is 10.2 Å². The minimum absolute atomic E-state index is 0.0646. The van der Waals surface area contributed by atoms with Crippen LogP contribution in [-0.2, 0) is 11.2 Å². The molecule has 0 radical (unpaired) electrons. The Hall–Kier alpha value is -1.00. The smallest absolute Gasteiger partial charge is 0.236 e. The molecule has 3 rings (SSSR count). The molecule has 1 aromatic rings. The molecule has 0 aromatic heterocycles. The molecule has 0 aliphatic carbocycles. The quantitative estimate of drug-likeness (QED) is 0.850. The Kier molecular flexibility index (Phi) is 3.31. The largest absolute Gasteiger partial charge is 0.334 e. The number of thioether (sulfide) groups is 1. The van der Waals surface area contributed by atoms with E-state index in [1.54, 1.807) is 11.8 Å². The molecule has 0 bridgehead atoms. The fourth-order valence-electron chi connectivity index (χ4n) is 2.89. The first kappa shape index (κ1) is 13.0. The summed E-state index contributed by atoms with van der Waals surface area (Å²) < 4.78 is 0. The third-order valence-electron chi connectivity index (χ3n) is 3.99. The molecule has 2 aliphatic rings. The Labute approximate surface area is 118 Å². The molecule has 1 fully saturated rings. The van der Waals surface area contributed by atoms with E-state index in [4.69, 9.17) is 0 Å². The number of rotatable bonds is 1. The predicted octanol–water partition coefficient (Wildman–Crippen LogP) is 1.91. The lowest BCUT2D eigenvalue weighted by atomic mass is 9.99. The van der Waals surface area contributed by atoms with Crippen molar-refractivity contribution in [1.29, 1.82) is 0 Å². The third kappa shape index (κ3) is 2.39. The van der Waals surface area contributed by atoms with Gasteiger partial charge in [0.2, 0.25) is 5.91 Å². The lowest BCUT2D eigenvalue weighted by Gasteiger charge is -2.43. The molecular formula is C15H20N2OS. The highest BCUT2D eigenvalue weighted by Crippen LogP contribution is 2.38. The highest BCUT2D eigenvalue weighted by molar-refractivity contribution is 8.01. The van der Waals surface area contributed by atoms with Crippen LogP contribution in [0.1, 0.15) is 19.4 Å². The number of nitrogens with one attached hydrogen (secondary N) is 1.